The molecule has 0 spiro atoms. The minimum Gasteiger partial charge on any atom is -0.494 e. The topological polar surface area (TPSA) is 88.6 Å². The molecule has 0 atom stereocenters. The van der Waals surface area contributed by atoms with Crippen LogP contribution >= 0.6 is 0 Å². The molecular weight excluding hydrogens is 366 g/mol. The Morgan fingerprint density at radius 2 is 1.78 bits per heavy atom. The molecule has 0 radical (unpaired) electrons. The molecule has 1 aliphatic rings. The summed E-state index contributed by atoms with van der Waals surface area (Å²) in [4.78, 5) is 16.4. The molecule has 7 nitrogen and oxygen atoms in total. The van der Waals surface area contributed by atoms with E-state index in [-0.39, 0.29) is 16.8 Å². The third-order valence-corrected chi connectivity index (χ3v) is 6.42. The number of benzene rings is 1. The maximum Gasteiger partial charge on any atom is 0.251 e. The molecule has 8 heteroatoms. The van der Waals surface area contributed by atoms with Gasteiger partial charge in [0, 0.05) is 37.1 Å². The lowest BCUT2D eigenvalue weighted by Crippen LogP contribution is -2.46. The molecule has 2 heterocycles. The van der Waals surface area contributed by atoms with Crippen molar-refractivity contribution in [1.29, 1.82) is 0 Å². The lowest BCUT2D eigenvalue weighted by Gasteiger charge is -2.31. The van der Waals surface area contributed by atoms with Crippen LogP contribution in [0.2, 0.25) is 0 Å². The van der Waals surface area contributed by atoms with Gasteiger partial charge in [-0.15, -0.1) is 0 Å². The molecule has 2 aromatic rings. The Balaban J connectivity index is 1.58. The second kappa shape index (κ2) is 8.49. The molecule has 144 valence electrons. The number of amides is 1. The van der Waals surface area contributed by atoms with Crippen LogP contribution in [0.25, 0.3) is 0 Å². The van der Waals surface area contributed by atoms with Gasteiger partial charge in [0.2, 0.25) is 10.0 Å². The largest absolute Gasteiger partial charge is 0.494 e. The highest BCUT2D eigenvalue weighted by Crippen LogP contribution is 2.23. The van der Waals surface area contributed by atoms with Crippen LogP contribution in [0.5, 0.6) is 5.75 Å². The van der Waals surface area contributed by atoms with Gasteiger partial charge >= 0.3 is 0 Å². The zero-order chi connectivity index (χ0) is 19.3. The van der Waals surface area contributed by atoms with Crippen molar-refractivity contribution >= 4 is 15.9 Å². The molecule has 0 aliphatic carbocycles. The van der Waals surface area contributed by atoms with Crippen molar-refractivity contribution in [3.63, 3.8) is 0 Å². The molecule has 1 amide bonds. The number of nitrogens with one attached hydrogen (secondary N) is 1. The molecule has 0 unspecified atom stereocenters. The fourth-order valence-electron chi connectivity index (χ4n) is 3.04. The molecule has 3 rings (SSSR count). The number of ether oxygens (including phenoxy) is 1. The summed E-state index contributed by atoms with van der Waals surface area (Å²) in [6, 6.07) is 9.73. The summed E-state index contributed by atoms with van der Waals surface area (Å²) < 4.78 is 32.4. The van der Waals surface area contributed by atoms with Gasteiger partial charge in [-0.1, -0.05) is 0 Å². The first-order valence-electron chi connectivity index (χ1n) is 8.94. The fourth-order valence-corrected chi connectivity index (χ4v) is 4.51. The number of carbonyl (C=O) groups excluding carboxylic acids is 1. The lowest BCUT2D eigenvalue weighted by atomic mass is 10.1. The standard InChI is InChI=1S/C19H23N3O4S/c1-2-26-17-3-5-18(6-4-17)27(24,25)22-13-9-16(10-14-22)21-19(23)15-7-11-20-12-8-15/h3-8,11-12,16H,2,9-10,13-14H2,1H3,(H,21,23). The van der Waals surface area contributed by atoms with E-state index >= 15 is 0 Å². The first-order chi connectivity index (χ1) is 13.0. The van der Waals surface area contributed by atoms with E-state index in [0.29, 0.717) is 43.9 Å². The number of sulfonamides is 1. The predicted octanol–water partition coefficient (Wildman–Crippen LogP) is 2.06. The molecule has 1 aliphatic heterocycles. The number of aromatic nitrogens is 1. The maximum absolute atomic E-state index is 12.8. The first-order valence-corrected chi connectivity index (χ1v) is 10.4. The summed E-state index contributed by atoms with van der Waals surface area (Å²) in [7, 11) is -3.54. The van der Waals surface area contributed by atoms with Gasteiger partial charge in [0.25, 0.3) is 5.91 Å². The Morgan fingerprint density at radius 1 is 1.15 bits per heavy atom. The summed E-state index contributed by atoms with van der Waals surface area (Å²) in [5.74, 6) is 0.485. The second-order valence-corrected chi connectivity index (χ2v) is 8.23. The number of nitrogens with zero attached hydrogens (tertiary/aromatic N) is 2. The number of pyridine rings is 1. The summed E-state index contributed by atoms with van der Waals surface area (Å²) in [6.45, 7) is 3.15. The summed E-state index contributed by atoms with van der Waals surface area (Å²) in [6.07, 6.45) is 4.29. The molecule has 1 saturated heterocycles. The monoisotopic (exact) mass is 389 g/mol. The normalized spacial score (nSPS) is 16.0. The smallest absolute Gasteiger partial charge is 0.251 e. The third kappa shape index (κ3) is 4.64. The maximum atomic E-state index is 12.8. The summed E-state index contributed by atoms with van der Waals surface area (Å²) in [5.41, 5.74) is 0.550. The van der Waals surface area contributed by atoms with E-state index in [2.05, 4.69) is 10.3 Å². The van der Waals surface area contributed by atoms with Crippen LogP contribution < -0.4 is 10.1 Å². The zero-order valence-corrected chi connectivity index (χ0v) is 16.0. The molecule has 1 aromatic heterocycles. The Kier molecular flexibility index (Phi) is 6.08. The van der Waals surface area contributed by atoms with E-state index in [1.807, 2.05) is 6.92 Å². The molecule has 1 N–H and O–H groups in total. The van der Waals surface area contributed by atoms with Gasteiger partial charge in [0.05, 0.1) is 11.5 Å². The van der Waals surface area contributed by atoms with Gasteiger partial charge in [-0.25, -0.2) is 8.42 Å². The zero-order valence-electron chi connectivity index (χ0n) is 15.2. The predicted molar refractivity (Wildman–Crippen MR) is 101 cm³/mol. The average molecular weight is 389 g/mol. The molecular formula is C19H23N3O4S. The fraction of sp³-hybridized carbons (Fsp3) is 0.368. The van der Waals surface area contributed by atoms with E-state index in [1.165, 1.54) is 4.31 Å². The number of rotatable bonds is 6. The number of hydrogen-bond donors (Lipinski definition) is 1. The van der Waals surface area contributed by atoms with Crippen LogP contribution in [0.4, 0.5) is 0 Å². The van der Waals surface area contributed by atoms with Crippen molar-refractivity contribution in [3.8, 4) is 5.75 Å². The number of carbonyl (C=O) groups is 1. The second-order valence-electron chi connectivity index (χ2n) is 6.29. The molecule has 0 saturated carbocycles. The highest BCUT2D eigenvalue weighted by Gasteiger charge is 2.30. The Hall–Kier alpha value is -2.45. The highest BCUT2D eigenvalue weighted by atomic mass is 32.2. The van der Waals surface area contributed by atoms with Gasteiger partial charge in [-0.05, 0) is 56.2 Å². The quantitative estimate of drug-likeness (QED) is 0.817. The van der Waals surface area contributed by atoms with Crippen LogP contribution in [-0.2, 0) is 10.0 Å². The molecule has 0 bridgehead atoms. The Bertz CT molecular complexity index is 862. The Morgan fingerprint density at radius 3 is 2.37 bits per heavy atom. The summed E-state index contributed by atoms with van der Waals surface area (Å²) in [5, 5.41) is 2.96. The van der Waals surface area contributed by atoms with Crippen molar-refractivity contribution in [3.05, 3.63) is 54.4 Å². The average Bonchev–Trinajstić information content (AvgIpc) is 2.70. The van der Waals surface area contributed by atoms with Crippen molar-refractivity contribution in [2.24, 2.45) is 0 Å². The van der Waals surface area contributed by atoms with E-state index in [1.54, 1.807) is 48.8 Å². The van der Waals surface area contributed by atoms with Crippen LogP contribution in [0.15, 0.2) is 53.7 Å². The van der Waals surface area contributed by atoms with Crippen molar-refractivity contribution in [1.82, 2.24) is 14.6 Å². The molecule has 27 heavy (non-hydrogen) atoms. The molecule has 1 fully saturated rings. The van der Waals surface area contributed by atoms with Gasteiger partial charge in [-0.2, -0.15) is 4.31 Å². The molecule has 1 aromatic carbocycles. The summed E-state index contributed by atoms with van der Waals surface area (Å²) >= 11 is 0. The van der Waals surface area contributed by atoms with Crippen LogP contribution in [-0.4, -0.2) is 49.4 Å². The minimum absolute atomic E-state index is 0.0440. The number of hydrogen-bond acceptors (Lipinski definition) is 5. The SMILES string of the molecule is CCOc1ccc(S(=O)(=O)N2CCC(NC(=O)c3ccncc3)CC2)cc1. The van der Waals surface area contributed by atoms with E-state index < -0.39 is 10.0 Å². The minimum atomic E-state index is -3.54. The van der Waals surface area contributed by atoms with Gasteiger partial charge in [-0.3, -0.25) is 9.78 Å². The Labute approximate surface area is 159 Å². The van der Waals surface area contributed by atoms with E-state index in [9.17, 15) is 13.2 Å². The van der Waals surface area contributed by atoms with Crippen LogP contribution in [0, 0.1) is 0 Å². The van der Waals surface area contributed by atoms with Crippen LogP contribution in [0.1, 0.15) is 30.1 Å². The van der Waals surface area contributed by atoms with Gasteiger partial charge in [0.1, 0.15) is 5.75 Å². The highest BCUT2D eigenvalue weighted by molar-refractivity contribution is 7.89. The van der Waals surface area contributed by atoms with E-state index in [4.69, 9.17) is 4.74 Å². The van der Waals surface area contributed by atoms with Crippen molar-refractivity contribution in [2.75, 3.05) is 19.7 Å². The van der Waals surface area contributed by atoms with Gasteiger partial charge in [0.15, 0.2) is 0 Å². The van der Waals surface area contributed by atoms with E-state index in [0.717, 1.165) is 0 Å². The van der Waals surface area contributed by atoms with Crippen LogP contribution in [0.3, 0.4) is 0 Å². The van der Waals surface area contributed by atoms with Crippen molar-refractivity contribution in [2.45, 2.75) is 30.7 Å². The van der Waals surface area contributed by atoms with Gasteiger partial charge < -0.3 is 10.1 Å². The third-order valence-electron chi connectivity index (χ3n) is 4.50. The first kappa shape index (κ1) is 19.3. The lowest BCUT2D eigenvalue weighted by molar-refractivity contribution is 0.0923. The van der Waals surface area contributed by atoms with Crippen molar-refractivity contribution < 1.29 is 17.9 Å². The number of piperidine rings is 1.